The van der Waals surface area contributed by atoms with Gasteiger partial charge in [-0.15, -0.1) is 0 Å². The Kier molecular flexibility index (Phi) is 6.20. The summed E-state index contributed by atoms with van der Waals surface area (Å²) in [5.41, 5.74) is 3.24. The zero-order valence-corrected chi connectivity index (χ0v) is 19.7. The number of ether oxygens (including phenoxy) is 1. The Labute approximate surface area is 195 Å². The Hall–Kier alpha value is -3.65. The SMILES string of the molecule is CCOC(=O)C1=C(C)N=c2sc(=Cc3ccc(N(C)C)cc3)c(=O)n2[C@H]1c1ccc(O)cc1. The number of phenols is 1. The standard InChI is InChI=1S/C25H25N3O4S/c1-5-32-24(31)21-15(2)26-25-28(22(21)17-8-12-19(29)13-9-17)23(30)20(33-25)14-16-6-10-18(11-7-16)27(3)4/h6-14,22,29H,5H2,1-4H3/t22-/m0/s1. The first-order valence-electron chi connectivity index (χ1n) is 10.6. The van der Waals surface area contributed by atoms with Crippen molar-refractivity contribution in [2.45, 2.75) is 19.9 Å². The van der Waals surface area contributed by atoms with Gasteiger partial charge in [0.1, 0.15) is 5.75 Å². The summed E-state index contributed by atoms with van der Waals surface area (Å²) < 4.78 is 7.34. The lowest BCUT2D eigenvalue weighted by atomic mass is 9.96. The maximum Gasteiger partial charge on any atom is 0.338 e. The van der Waals surface area contributed by atoms with E-state index in [1.807, 2.05) is 49.3 Å². The minimum Gasteiger partial charge on any atom is -0.508 e. The molecule has 0 bridgehead atoms. The van der Waals surface area contributed by atoms with Gasteiger partial charge in [0.25, 0.3) is 5.56 Å². The minimum absolute atomic E-state index is 0.103. The fraction of sp³-hybridized carbons (Fsp3) is 0.240. The van der Waals surface area contributed by atoms with Crippen LogP contribution < -0.4 is 19.8 Å². The first-order valence-corrected chi connectivity index (χ1v) is 11.4. The molecule has 0 spiro atoms. The molecule has 0 unspecified atom stereocenters. The number of allylic oxidation sites excluding steroid dienone is 1. The number of carbonyl (C=O) groups is 1. The highest BCUT2D eigenvalue weighted by molar-refractivity contribution is 7.07. The van der Waals surface area contributed by atoms with Crippen LogP contribution in [-0.4, -0.2) is 36.3 Å². The van der Waals surface area contributed by atoms with E-state index >= 15 is 0 Å². The van der Waals surface area contributed by atoms with E-state index in [9.17, 15) is 14.7 Å². The Morgan fingerprint density at radius 3 is 2.45 bits per heavy atom. The molecule has 0 radical (unpaired) electrons. The Morgan fingerprint density at radius 2 is 1.85 bits per heavy atom. The van der Waals surface area contributed by atoms with Crippen molar-refractivity contribution >= 4 is 29.1 Å². The maximum atomic E-state index is 13.5. The van der Waals surface area contributed by atoms with Crippen molar-refractivity contribution in [2.75, 3.05) is 25.6 Å². The predicted molar refractivity (Wildman–Crippen MR) is 129 cm³/mol. The van der Waals surface area contributed by atoms with Gasteiger partial charge < -0.3 is 14.7 Å². The molecule has 0 saturated heterocycles. The van der Waals surface area contributed by atoms with Crippen LogP contribution in [-0.2, 0) is 9.53 Å². The van der Waals surface area contributed by atoms with Gasteiger partial charge in [0.2, 0.25) is 0 Å². The molecule has 0 saturated carbocycles. The fourth-order valence-corrected chi connectivity index (χ4v) is 4.83. The zero-order chi connectivity index (χ0) is 23.7. The Balaban J connectivity index is 1.90. The number of carbonyl (C=O) groups excluding carboxylic acids is 1. The molecule has 0 amide bonds. The molecule has 0 aliphatic carbocycles. The first-order chi connectivity index (χ1) is 15.8. The summed E-state index contributed by atoms with van der Waals surface area (Å²) in [7, 11) is 3.94. The van der Waals surface area contributed by atoms with Crippen LogP contribution in [0.2, 0.25) is 0 Å². The second kappa shape index (κ2) is 9.07. The van der Waals surface area contributed by atoms with Gasteiger partial charge in [-0.2, -0.15) is 0 Å². The number of phenolic OH excluding ortho intramolecular Hbond substituents is 1. The van der Waals surface area contributed by atoms with Crippen LogP contribution in [0.15, 0.2) is 69.6 Å². The monoisotopic (exact) mass is 463 g/mol. The molecule has 1 N–H and O–H groups in total. The number of nitrogens with zero attached hydrogens (tertiary/aromatic N) is 3. The van der Waals surface area contributed by atoms with Crippen LogP contribution in [0.25, 0.3) is 6.08 Å². The van der Waals surface area contributed by atoms with E-state index in [0.29, 0.717) is 26.2 Å². The molecule has 7 nitrogen and oxygen atoms in total. The van der Waals surface area contributed by atoms with Crippen LogP contribution >= 0.6 is 11.3 Å². The highest BCUT2D eigenvalue weighted by atomic mass is 32.1. The van der Waals surface area contributed by atoms with Crippen LogP contribution in [0.1, 0.15) is 31.0 Å². The van der Waals surface area contributed by atoms with Crippen LogP contribution in [0.5, 0.6) is 5.75 Å². The first kappa shape index (κ1) is 22.5. The quantitative estimate of drug-likeness (QED) is 0.588. The third-order valence-electron chi connectivity index (χ3n) is 5.43. The van der Waals surface area contributed by atoms with E-state index in [0.717, 1.165) is 11.3 Å². The second-order valence-electron chi connectivity index (χ2n) is 7.88. The van der Waals surface area contributed by atoms with Crippen molar-refractivity contribution < 1.29 is 14.6 Å². The summed E-state index contributed by atoms with van der Waals surface area (Å²) in [6.45, 7) is 3.70. The van der Waals surface area contributed by atoms with Gasteiger partial charge in [-0.1, -0.05) is 35.6 Å². The Morgan fingerprint density at radius 1 is 1.18 bits per heavy atom. The Bertz CT molecular complexity index is 1400. The number of hydrogen-bond donors (Lipinski definition) is 1. The average molecular weight is 464 g/mol. The van der Waals surface area contributed by atoms with Crippen molar-refractivity contribution in [3.05, 3.63) is 90.6 Å². The van der Waals surface area contributed by atoms with Gasteiger partial charge in [0, 0.05) is 19.8 Å². The van der Waals surface area contributed by atoms with E-state index < -0.39 is 12.0 Å². The highest BCUT2D eigenvalue weighted by Crippen LogP contribution is 2.31. The smallest absolute Gasteiger partial charge is 0.338 e. The van der Waals surface area contributed by atoms with E-state index in [-0.39, 0.29) is 17.9 Å². The second-order valence-corrected chi connectivity index (χ2v) is 8.89. The van der Waals surface area contributed by atoms with Crippen molar-refractivity contribution in [2.24, 2.45) is 4.99 Å². The van der Waals surface area contributed by atoms with Gasteiger partial charge in [-0.3, -0.25) is 9.36 Å². The van der Waals surface area contributed by atoms with Gasteiger partial charge in [-0.05, 0) is 55.3 Å². The van der Waals surface area contributed by atoms with Crippen molar-refractivity contribution in [3.63, 3.8) is 0 Å². The summed E-state index contributed by atoms with van der Waals surface area (Å²) in [4.78, 5) is 33.5. The fourth-order valence-electron chi connectivity index (χ4n) is 3.78. The third kappa shape index (κ3) is 4.34. The maximum absolute atomic E-state index is 13.5. The lowest BCUT2D eigenvalue weighted by molar-refractivity contribution is -0.139. The van der Waals surface area contributed by atoms with E-state index in [1.54, 1.807) is 26.0 Å². The lowest BCUT2D eigenvalue weighted by Gasteiger charge is -2.24. The molecule has 33 heavy (non-hydrogen) atoms. The molecule has 170 valence electrons. The number of thiazole rings is 1. The van der Waals surface area contributed by atoms with Crippen molar-refractivity contribution in [1.29, 1.82) is 0 Å². The number of aromatic hydroxyl groups is 1. The summed E-state index contributed by atoms with van der Waals surface area (Å²) in [6, 6.07) is 13.7. The van der Waals surface area contributed by atoms with E-state index in [2.05, 4.69) is 4.99 Å². The van der Waals surface area contributed by atoms with Crippen molar-refractivity contribution in [1.82, 2.24) is 4.57 Å². The molecule has 1 aliphatic rings. The van der Waals surface area contributed by atoms with Gasteiger partial charge in [-0.25, -0.2) is 9.79 Å². The molecular formula is C25H25N3O4S. The molecule has 2 aromatic carbocycles. The predicted octanol–water partition coefficient (Wildman–Crippen LogP) is 2.57. The third-order valence-corrected chi connectivity index (χ3v) is 6.42. The van der Waals surface area contributed by atoms with Gasteiger partial charge >= 0.3 is 5.97 Å². The molecular weight excluding hydrogens is 438 g/mol. The number of esters is 1. The topological polar surface area (TPSA) is 84.1 Å². The summed E-state index contributed by atoms with van der Waals surface area (Å²) in [6.07, 6.45) is 1.83. The number of benzene rings is 2. The van der Waals surface area contributed by atoms with Gasteiger partial charge in [0.05, 0.1) is 28.5 Å². The molecule has 0 fully saturated rings. The number of aromatic nitrogens is 1. The minimum atomic E-state index is -0.695. The molecule has 2 heterocycles. The number of fused-ring (bicyclic) bond motifs is 1. The van der Waals surface area contributed by atoms with Crippen LogP contribution in [0, 0.1) is 0 Å². The van der Waals surface area contributed by atoms with Crippen molar-refractivity contribution in [3.8, 4) is 5.75 Å². The molecule has 1 aromatic heterocycles. The lowest BCUT2D eigenvalue weighted by Crippen LogP contribution is -2.39. The van der Waals surface area contributed by atoms with Gasteiger partial charge in [0.15, 0.2) is 4.80 Å². The van der Waals surface area contributed by atoms with Crippen LogP contribution in [0.3, 0.4) is 0 Å². The number of anilines is 1. The summed E-state index contributed by atoms with van der Waals surface area (Å²) in [5.74, 6) is -0.406. The zero-order valence-electron chi connectivity index (χ0n) is 18.9. The molecule has 1 atom stereocenters. The summed E-state index contributed by atoms with van der Waals surface area (Å²) in [5, 5.41) is 9.74. The molecule has 3 aromatic rings. The molecule has 1 aliphatic heterocycles. The van der Waals surface area contributed by atoms with Crippen LogP contribution in [0.4, 0.5) is 5.69 Å². The normalized spacial score (nSPS) is 15.8. The summed E-state index contributed by atoms with van der Waals surface area (Å²) >= 11 is 1.28. The number of hydrogen-bond acceptors (Lipinski definition) is 7. The van der Waals surface area contributed by atoms with E-state index in [4.69, 9.17) is 4.74 Å². The average Bonchev–Trinajstić information content (AvgIpc) is 3.08. The largest absolute Gasteiger partial charge is 0.508 e. The highest BCUT2D eigenvalue weighted by Gasteiger charge is 2.33. The van der Waals surface area contributed by atoms with E-state index in [1.165, 1.54) is 28.0 Å². The number of rotatable bonds is 5. The molecule has 4 rings (SSSR count). The molecule has 8 heteroatoms.